The van der Waals surface area contributed by atoms with Gasteiger partial charge in [0.25, 0.3) is 0 Å². The van der Waals surface area contributed by atoms with Crippen molar-refractivity contribution in [3.8, 4) is 5.75 Å². The molecule has 0 aliphatic carbocycles. The normalized spacial score (nSPS) is 9.94. The van der Waals surface area contributed by atoms with Crippen LogP contribution in [0.1, 0.15) is 15.9 Å². The quantitative estimate of drug-likeness (QED) is 0.483. The van der Waals surface area contributed by atoms with Gasteiger partial charge in [0, 0.05) is 11.1 Å². The third kappa shape index (κ3) is 3.06. The van der Waals surface area contributed by atoms with E-state index in [1.807, 2.05) is 42.5 Å². The number of benzene rings is 2. The van der Waals surface area contributed by atoms with Crippen LogP contribution in [0.4, 0.5) is 0 Å². The van der Waals surface area contributed by atoms with Crippen LogP contribution in [-0.2, 0) is 0 Å². The zero-order valence-corrected chi connectivity index (χ0v) is 11.3. The second kappa shape index (κ2) is 5.82. The molecule has 0 aromatic heterocycles. The number of hydrogen-bond donors (Lipinski definition) is 0. The molecule has 2 nitrogen and oxygen atoms in total. The molecule has 3 heteroatoms. The second-order valence-corrected chi connectivity index (χ2v) is 4.10. The minimum absolute atomic E-state index is 0.0339. The van der Waals surface area contributed by atoms with Gasteiger partial charge in [-0.3, -0.25) is 4.79 Å². The van der Waals surface area contributed by atoms with E-state index in [4.69, 9.17) is 4.74 Å². The summed E-state index contributed by atoms with van der Waals surface area (Å²) in [6, 6.07) is 16.5. The molecular formula is C14H11IO2. The molecule has 2 rings (SSSR count). The highest BCUT2D eigenvalue weighted by atomic mass is 127. The molecule has 0 fully saturated rings. The molecule has 0 unspecified atom stereocenters. The van der Waals surface area contributed by atoms with Crippen LogP contribution in [0.3, 0.4) is 0 Å². The summed E-state index contributed by atoms with van der Waals surface area (Å²) in [7, 11) is 0. The van der Waals surface area contributed by atoms with Gasteiger partial charge in [0.2, 0.25) is 0 Å². The fourth-order valence-corrected chi connectivity index (χ4v) is 1.88. The van der Waals surface area contributed by atoms with E-state index < -0.39 is 0 Å². The molecule has 0 N–H and O–H groups in total. The Bertz CT molecular complexity index is 491. The molecule has 0 bridgehead atoms. The average Bonchev–Trinajstić information content (AvgIpc) is 2.40. The predicted molar refractivity (Wildman–Crippen MR) is 75.8 cm³/mol. The zero-order valence-electron chi connectivity index (χ0n) is 9.10. The van der Waals surface area contributed by atoms with Crippen molar-refractivity contribution in [2.45, 2.75) is 0 Å². The lowest BCUT2D eigenvalue weighted by atomic mass is 10.0. The number of hydrogen-bond acceptors (Lipinski definition) is 2. The zero-order chi connectivity index (χ0) is 12.1. The van der Waals surface area contributed by atoms with Crippen LogP contribution < -0.4 is 4.74 Å². The Balaban J connectivity index is 2.20. The van der Waals surface area contributed by atoms with E-state index in [-0.39, 0.29) is 5.78 Å². The highest BCUT2D eigenvalue weighted by Crippen LogP contribution is 2.15. The molecule has 0 heterocycles. The molecule has 2 aromatic rings. The van der Waals surface area contributed by atoms with Crippen molar-refractivity contribution in [2.24, 2.45) is 0 Å². The van der Waals surface area contributed by atoms with Crippen LogP contribution in [0.5, 0.6) is 5.75 Å². The second-order valence-electron chi connectivity index (χ2n) is 3.47. The minimum Gasteiger partial charge on any atom is -0.483 e. The summed E-state index contributed by atoms with van der Waals surface area (Å²) in [6.07, 6.45) is 0. The van der Waals surface area contributed by atoms with E-state index in [0.717, 1.165) is 5.75 Å². The van der Waals surface area contributed by atoms with E-state index in [1.54, 1.807) is 12.1 Å². The van der Waals surface area contributed by atoms with E-state index in [1.165, 1.54) is 0 Å². The van der Waals surface area contributed by atoms with Crippen LogP contribution in [0.2, 0.25) is 0 Å². The maximum Gasteiger partial charge on any atom is 0.193 e. The number of carbonyl (C=O) groups is 1. The number of rotatable bonds is 4. The Labute approximate surface area is 114 Å². The van der Waals surface area contributed by atoms with Crippen molar-refractivity contribution in [3.63, 3.8) is 0 Å². The maximum atomic E-state index is 12.1. The highest BCUT2D eigenvalue weighted by Gasteiger charge is 2.07. The van der Waals surface area contributed by atoms with Gasteiger partial charge < -0.3 is 4.74 Å². The Kier molecular flexibility index (Phi) is 4.14. The first-order valence-corrected chi connectivity index (χ1v) is 6.72. The first-order valence-electron chi connectivity index (χ1n) is 5.20. The van der Waals surface area contributed by atoms with Gasteiger partial charge in [0.15, 0.2) is 5.78 Å². The van der Waals surface area contributed by atoms with Crippen LogP contribution in [0.15, 0.2) is 54.6 Å². The summed E-state index contributed by atoms with van der Waals surface area (Å²) in [6.45, 7) is 0. The van der Waals surface area contributed by atoms with Crippen molar-refractivity contribution < 1.29 is 9.53 Å². The van der Waals surface area contributed by atoms with Crippen molar-refractivity contribution in [1.82, 2.24) is 0 Å². The average molecular weight is 338 g/mol. The lowest BCUT2D eigenvalue weighted by molar-refractivity contribution is 0.103. The Morgan fingerprint density at radius 2 is 1.53 bits per heavy atom. The monoisotopic (exact) mass is 338 g/mol. The van der Waals surface area contributed by atoms with E-state index >= 15 is 0 Å². The molecule has 86 valence electrons. The van der Waals surface area contributed by atoms with E-state index in [9.17, 15) is 4.79 Å². The molecule has 0 saturated carbocycles. The van der Waals surface area contributed by atoms with Crippen LogP contribution >= 0.6 is 22.6 Å². The number of alkyl halides is 1. The lowest BCUT2D eigenvalue weighted by Crippen LogP contribution is -2.00. The van der Waals surface area contributed by atoms with Gasteiger partial charge in [-0.1, -0.05) is 30.3 Å². The standard InChI is InChI=1S/C14H11IO2/c15-10-17-13-8-6-12(7-9-13)14(16)11-4-2-1-3-5-11/h1-9H,10H2. The number of ketones is 1. The summed E-state index contributed by atoms with van der Waals surface area (Å²) in [4.78, 5) is 12.1. The molecule has 17 heavy (non-hydrogen) atoms. The van der Waals surface area contributed by atoms with Crippen LogP contribution in [0, 0.1) is 0 Å². The van der Waals surface area contributed by atoms with Gasteiger partial charge in [-0.15, -0.1) is 0 Å². The molecule has 0 spiro atoms. The van der Waals surface area contributed by atoms with Crippen molar-refractivity contribution in [3.05, 3.63) is 65.7 Å². The molecule has 0 amide bonds. The maximum absolute atomic E-state index is 12.1. The first kappa shape index (κ1) is 12.1. The minimum atomic E-state index is 0.0339. The molecule has 0 atom stereocenters. The molecule has 2 aromatic carbocycles. The topological polar surface area (TPSA) is 26.3 Å². The molecular weight excluding hydrogens is 327 g/mol. The summed E-state index contributed by atoms with van der Waals surface area (Å²) >= 11 is 2.13. The fourth-order valence-electron chi connectivity index (χ4n) is 1.52. The van der Waals surface area contributed by atoms with Gasteiger partial charge in [-0.05, 0) is 46.9 Å². The highest BCUT2D eigenvalue weighted by molar-refractivity contribution is 14.1. The van der Waals surface area contributed by atoms with Gasteiger partial charge >= 0.3 is 0 Å². The summed E-state index contributed by atoms with van der Waals surface area (Å²) in [5, 5.41) is 0. The number of carbonyl (C=O) groups excluding carboxylic acids is 1. The fraction of sp³-hybridized carbons (Fsp3) is 0.0714. The molecule has 0 radical (unpaired) electrons. The Morgan fingerprint density at radius 3 is 2.12 bits per heavy atom. The Hall–Kier alpha value is -1.36. The molecule has 0 saturated heterocycles. The van der Waals surface area contributed by atoms with Gasteiger partial charge in [-0.2, -0.15) is 0 Å². The SMILES string of the molecule is O=C(c1ccccc1)c1ccc(OCI)cc1. The van der Waals surface area contributed by atoms with Gasteiger partial charge in [0.05, 0.1) is 0 Å². The van der Waals surface area contributed by atoms with E-state index in [2.05, 4.69) is 22.6 Å². The Morgan fingerprint density at radius 1 is 0.941 bits per heavy atom. The van der Waals surface area contributed by atoms with Gasteiger partial charge in [0.1, 0.15) is 10.4 Å². The first-order chi connectivity index (χ1) is 8.31. The largest absolute Gasteiger partial charge is 0.483 e. The van der Waals surface area contributed by atoms with Gasteiger partial charge in [-0.25, -0.2) is 0 Å². The van der Waals surface area contributed by atoms with Crippen molar-refractivity contribution >= 4 is 28.4 Å². The summed E-state index contributed by atoms with van der Waals surface area (Å²) < 4.78 is 5.92. The molecule has 0 aliphatic heterocycles. The molecule has 0 aliphatic rings. The van der Waals surface area contributed by atoms with Crippen LogP contribution in [-0.4, -0.2) is 10.4 Å². The van der Waals surface area contributed by atoms with Crippen LogP contribution in [0.25, 0.3) is 0 Å². The smallest absolute Gasteiger partial charge is 0.193 e. The summed E-state index contributed by atoms with van der Waals surface area (Å²) in [5.74, 6) is 0.815. The lowest BCUT2D eigenvalue weighted by Gasteiger charge is -2.04. The third-order valence-corrected chi connectivity index (χ3v) is 2.69. The van der Waals surface area contributed by atoms with E-state index in [0.29, 0.717) is 15.7 Å². The predicted octanol–water partition coefficient (Wildman–Crippen LogP) is 3.69. The number of halogens is 1. The third-order valence-electron chi connectivity index (χ3n) is 2.37. The van der Waals surface area contributed by atoms with Crippen molar-refractivity contribution in [2.75, 3.05) is 4.61 Å². The number of ether oxygens (including phenoxy) is 1. The van der Waals surface area contributed by atoms with Crippen molar-refractivity contribution in [1.29, 1.82) is 0 Å². The summed E-state index contributed by atoms with van der Waals surface area (Å²) in [5.41, 5.74) is 1.38.